The minimum absolute atomic E-state index is 0.111. The number of nitrogens with one attached hydrogen (secondary N) is 1. The normalized spacial score (nSPS) is 30.1. The Bertz CT molecular complexity index is 650. The lowest BCUT2D eigenvalue weighted by molar-refractivity contribution is -0.156. The van der Waals surface area contributed by atoms with Gasteiger partial charge in [-0.05, 0) is 46.5 Å². The maximum absolute atomic E-state index is 13.6. The third-order valence-corrected chi connectivity index (χ3v) is 5.92. The summed E-state index contributed by atoms with van der Waals surface area (Å²) in [5, 5.41) is 12.9. The largest absolute Gasteiger partial charge is 0.466 e. The average molecular weight is 409 g/mol. The number of hydrogen-bond donors (Lipinski definition) is 2. The molecule has 1 saturated heterocycles. The highest BCUT2D eigenvalue weighted by Crippen LogP contribution is 2.46. The lowest BCUT2D eigenvalue weighted by Crippen LogP contribution is -2.55. The van der Waals surface area contributed by atoms with Gasteiger partial charge in [0.2, 0.25) is 11.8 Å². The number of esters is 1. The first kappa shape index (κ1) is 23.4. The van der Waals surface area contributed by atoms with Crippen LogP contribution in [0.15, 0.2) is 12.2 Å². The van der Waals surface area contributed by atoms with Gasteiger partial charge >= 0.3 is 5.97 Å². The third kappa shape index (κ3) is 4.65. The Morgan fingerprint density at radius 3 is 2.38 bits per heavy atom. The summed E-state index contributed by atoms with van der Waals surface area (Å²) in [5.74, 6) is -2.70. The van der Waals surface area contributed by atoms with Crippen molar-refractivity contribution in [2.75, 3.05) is 13.2 Å². The number of likely N-dealkylation sites (tertiary alicyclic amines) is 1. The van der Waals surface area contributed by atoms with E-state index in [9.17, 15) is 19.5 Å². The molecule has 0 radical (unpaired) electrons. The third-order valence-electron chi connectivity index (χ3n) is 5.92. The molecule has 7 nitrogen and oxygen atoms in total. The predicted molar refractivity (Wildman–Crippen MR) is 110 cm³/mol. The molecule has 0 aromatic rings. The van der Waals surface area contributed by atoms with Crippen molar-refractivity contribution < 1.29 is 24.2 Å². The van der Waals surface area contributed by atoms with E-state index in [1.54, 1.807) is 6.92 Å². The van der Waals surface area contributed by atoms with Crippen LogP contribution in [0, 0.1) is 23.7 Å². The minimum atomic E-state index is -0.755. The predicted octanol–water partition coefficient (Wildman–Crippen LogP) is 1.89. The lowest BCUT2D eigenvalue weighted by atomic mass is 9.69. The van der Waals surface area contributed by atoms with Crippen LogP contribution in [0.4, 0.5) is 0 Å². The second-order valence-corrected chi connectivity index (χ2v) is 9.01. The molecule has 1 fully saturated rings. The number of aliphatic hydroxyl groups is 1. The fourth-order valence-corrected chi connectivity index (χ4v) is 4.65. The van der Waals surface area contributed by atoms with Gasteiger partial charge in [0.05, 0.1) is 31.1 Å². The van der Waals surface area contributed by atoms with Crippen LogP contribution in [-0.4, -0.2) is 58.6 Å². The molecule has 164 valence electrons. The summed E-state index contributed by atoms with van der Waals surface area (Å²) in [6.45, 7) is 11.3. The molecule has 2 aliphatic rings. The summed E-state index contributed by atoms with van der Waals surface area (Å²) in [6.07, 6.45) is 5.10. The summed E-state index contributed by atoms with van der Waals surface area (Å²) in [4.78, 5) is 41.1. The number of fused-ring (bicyclic) bond motifs is 1. The molecule has 0 unspecified atom stereocenters. The van der Waals surface area contributed by atoms with Crippen LogP contribution in [-0.2, 0) is 19.1 Å². The fraction of sp³-hybridized carbons (Fsp3) is 0.773. The highest BCUT2D eigenvalue weighted by molar-refractivity contribution is 5.96. The van der Waals surface area contributed by atoms with Crippen molar-refractivity contribution >= 4 is 17.8 Å². The highest BCUT2D eigenvalue weighted by Gasteiger charge is 2.58. The Morgan fingerprint density at radius 2 is 1.90 bits per heavy atom. The summed E-state index contributed by atoms with van der Waals surface area (Å²) >= 11 is 0. The van der Waals surface area contributed by atoms with Crippen molar-refractivity contribution in [2.45, 2.75) is 72.0 Å². The van der Waals surface area contributed by atoms with Crippen LogP contribution in [0.2, 0.25) is 0 Å². The van der Waals surface area contributed by atoms with E-state index in [0.717, 1.165) is 0 Å². The standard InChI is InChI=1S/C22H36N2O5/c1-7-13-10-11-15-17(16(13)21(28)29-9-3)20(27)24(14(8-2)12-25)18(15)19(26)23-22(4,5)6/h10-11,13-18,25H,7-9,12H2,1-6H3,(H,23,26)/t13-,14+,15+,16-,17+,18+/m1/s1. The molecule has 0 spiro atoms. The van der Waals surface area contributed by atoms with Crippen molar-refractivity contribution in [2.24, 2.45) is 23.7 Å². The molecular formula is C22H36N2O5. The number of rotatable bonds is 7. The molecule has 7 heteroatoms. The topological polar surface area (TPSA) is 95.9 Å². The number of aliphatic hydroxyl groups excluding tert-OH is 1. The van der Waals surface area contributed by atoms with E-state index >= 15 is 0 Å². The number of hydrogen-bond acceptors (Lipinski definition) is 5. The van der Waals surface area contributed by atoms with Gasteiger partial charge in [-0.1, -0.05) is 26.0 Å². The monoisotopic (exact) mass is 408 g/mol. The molecule has 6 atom stereocenters. The summed E-state index contributed by atoms with van der Waals surface area (Å²) in [5.41, 5.74) is -0.463. The average Bonchev–Trinajstić information content (AvgIpc) is 2.94. The summed E-state index contributed by atoms with van der Waals surface area (Å²) < 4.78 is 5.30. The number of carbonyl (C=O) groups is 3. The maximum atomic E-state index is 13.6. The van der Waals surface area contributed by atoms with E-state index in [4.69, 9.17) is 4.74 Å². The number of amides is 2. The van der Waals surface area contributed by atoms with Crippen molar-refractivity contribution in [3.05, 3.63) is 12.2 Å². The molecule has 2 amide bonds. The van der Waals surface area contributed by atoms with Gasteiger partial charge in [-0.25, -0.2) is 0 Å². The van der Waals surface area contributed by atoms with Crippen LogP contribution < -0.4 is 5.32 Å². The second-order valence-electron chi connectivity index (χ2n) is 9.01. The zero-order valence-electron chi connectivity index (χ0n) is 18.5. The first-order valence-corrected chi connectivity index (χ1v) is 10.7. The SMILES string of the molecule is CCOC(=O)[C@H]1[C@H]2C(=O)N([C@@H](CC)CO)[C@H](C(=O)NC(C)(C)C)[C@H]2C=C[C@H]1CC. The summed E-state index contributed by atoms with van der Waals surface area (Å²) in [6, 6.07) is -1.23. The highest BCUT2D eigenvalue weighted by atomic mass is 16.5. The number of ether oxygens (including phenoxy) is 1. The van der Waals surface area contributed by atoms with Gasteiger partial charge in [-0.15, -0.1) is 0 Å². The van der Waals surface area contributed by atoms with Crippen LogP contribution in [0.1, 0.15) is 54.4 Å². The van der Waals surface area contributed by atoms with Gasteiger partial charge < -0.3 is 20.1 Å². The first-order chi connectivity index (χ1) is 13.6. The molecule has 29 heavy (non-hydrogen) atoms. The van der Waals surface area contributed by atoms with Crippen LogP contribution >= 0.6 is 0 Å². The van der Waals surface area contributed by atoms with Gasteiger partial charge in [0, 0.05) is 11.5 Å². The Balaban J connectivity index is 2.53. The van der Waals surface area contributed by atoms with E-state index in [1.165, 1.54) is 4.90 Å². The van der Waals surface area contributed by atoms with Crippen LogP contribution in [0.5, 0.6) is 0 Å². The molecule has 1 aliphatic carbocycles. The van der Waals surface area contributed by atoms with Gasteiger partial charge in [-0.2, -0.15) is 0 Å². The van der Waals surface area contributed by atoms with Crippen LogP contribution in [0.3, 0.4) is 0 Å². The zero-order valence-corrected chi connectivity index (χ0v) is 18.5. The maximum Gasteiger partial charge on any atom is 0.310 e. The molecule has 0 aromatic carbocycles. The quantitative estimate of drug-likeness (QED) is 0.495. The number of nitrogens with zero attached hydrogens (tertiary/aromatic N) is 1. The van der Waals surface area contributed by atoms with Crippen molar-refractivity contribution in [1.82, 2.24) is 10.2 Å². The van der Waals surface area contributed by atoms with Gasteiger partial charge in [0.15, 0.2) is 0 Å². The number of allylic oxidation sites excluding steroid dienone is 1. The van der Waals surface area contributed by atoms with Crippen molar-refractivity contribution in [3.8, 4) is 0 Å². The van der Waals surface area contributed by atoms with E-state index in [-0.39, 0.29) is 36.9 Å². The van der Waals surface area contributed by atoms with Crippen LogP contribution in [0.25, 0.3) is 0 Å². The van der Waals surface area contributed by atoms with E-state index < -0.39 is 35.4 Å². The van der Waals surface area contributed by atoms with Crippen molar-refractivity contribution in [1.29, 1.82) is 0 Å². The van der Waals surface area contributed by atoms with Gasteiger partial charge in [0.1, 0.15) is 6.04 Å². The molecule has 2 N–H and O–H groups in total. The Labute approximate surface area is 173 Å². The number of carbonyl (C=O) groups excluding carboxylic acids is 3. The molecule has 2 rings (SSSR count). The first-order valence-electron chi connectivity index (χ1n) is 10.7. The Hall–Kier alpha value is -1.89. The molecule has 1 aliphatic heterocycles. The smallest absolute Gasteiger partial charge is 0.310 e. The summed E-state index contributed by atoms with van der Waals surface area (Å²) in [7, 11) is 0. The lowest BCUT2D eigenvalue weighted by Gasteiger charge is -2.35. The molecular weight excluding hydrogens is 372 g/mol. The van der Waals surface area contributed by atoms with E-state index in [0.29, 0.717) is 12.8 Å². The van der Waals surface area contributed by atoms with Gasteiger partial charge in [0.25, 0.3) is 0 Å². The van der Waals surface area contributed by atoms with Gasteiger partial charge in [-0.3, -0.25) is 14.4 Å². The van der Waals surface area contributed by atoms with E-state index in [1.807, 2.05) is 46.8 Å². The Morgan fingerprint density at radius 1 is 1.24 bits per heavy atom. The Kier molecular flexibility index (Phi) is 7.49. The minimum Gasteiger partial charge on any atom is -0.466 e. The molecule has 0 aromatic heterocycles. The fourth-order valence-electron chi connectivity index (χ4n) is 4.65. The van der Waals surface area contributed by atoms with E-state index in [2.05, 4.69) is 5.32 Å². The molecule has 0 saturated carbocycles. The molecule has 1 heterocycles. The second kappa shape index (κ2) is 9.28. The van der Waals surface area contributed by atoms with Crippen molar-refractivity contribution in [3.63, 3.8) is 0 Å². The molecule has 0 bridgehead atoms. The zero-order chi connectivity index (χ0) is 21.9.